The second-order valence-electron chi connectivity index (χ2n) is 4.62. The lowest BCUT2D eigenvalue weighted by molar-refractivity contribution is -0.385. The third-order valence-electron chi connectivity index (χ3n) is 2.99. The van der Waals surface area contributed by atoms with E-state index < -0.39 is 10.7 Å². The Morgan fingerprint density at radius 1 is 1.17 bits per heavy atom. The summed E-state index contributed by atoms with van der Waals surface area (Å²) in [4.78, 5) is 21.4. The highest BCUT2D eigenvalue weighted by molar-refractivity contribution is 5.94. The number of benzene rings is 2. The van der Waals surface area contributed by atoms with Crippen molar-refractivity contribution in [3.63, 3.8) is 0 Å². The molecule has 0 saturated carbocycles. The minimum atomic E-state index is -0.658. The zero-order chi connectivity index (χ0) is 16.8. The average Bonchev–Trinajstić information content (AvgIpc) is 2.51. The predicted molar refractivity (Wildman–Crippen MR) is 80.5 cm³/mol. The van der Waals surface area contributed by atoms with Gasteiger partial charge in [-0.25, -0.2) is 4.39 Å². The van der Waals surface area contributed by atoms with Crippen LogP contribution in [0.1, 0.15) is 17.3 Å². The summed E-state index contributed by atoms with van der Waals surface area (Å²) in [5.41, 5.74) is -0.141. The molecule has 0 saturated heterocycles. The molecule has 0 aliphatic heterocycles. The van der Waals surface area contributed by atoms with E-state index in [9.17, 15) is 19.3 Å². The van der Waals surface area contributed by atoms with Crippen LogP contribution >= 0.6 is 0 Å². The maximum Gasteiger partial charge on any atom is 0.310 e. The Morgan fingerprint density at radius 3 is 2.52 bits per heavy atom. The maximum absolute atomic E-state index is 13.6. The quantitative estimate of drug-likeness (QED) is 0.338. The smallest absolute Gasteiger partial charge is 0.310 e. The van der Waals surface area contributed by atoms with Crippen molar-refractivity contribution in [2.45, 2.75) is 6.92 Å². The topological polar surface area (TPSA) is 78.7 Å². The van der Waals surface area contributed by atoms with Crippen molar-refractivity contribution in [1.29, 1.82) is 0 Å². The molecule has 0 N–H and O–H groups in total. The summed E-state index contributed by atoms with van der Waals surface area (Å²) in [5, 5.41) is 10.8. The van der Waals surface area contributed by atoms with Crippen molar-refractivity contribution in [2.75, 3.05) is 13.2 Å². The number of nitro groups is 1. The molecule has 0 spiro atoms. The van der Waals surface area contributed by atoms with Gasteiger partial charge in [0.25, 0.3) is 0 Å². The lowest BCUT2D eigenvalue weighted by Gasteiger charge is -2.09. The molecule has 2 rings (SSSR count). The fraction of sp³-hybridized carbons (Fsp3) is 0.188. The number of carbonyl (C=O) groups excluding carboxylic acids is 1. The molecule has 0 atom stereocenters. The number of nitrogens with zero attached hydrogens (tertiary/aromatic N) is 1. The highest BCUT2D eigenvalue weighted by Crippen LogP contribution is 2.25. The Morgan fingerprint density at radius 2 is 1.87 bits per heavy atom. The van der Waals surface area contributed by atoms with Gasteiger partial charge in [-0.05, 0) is 25.1 Å². The fourth-order valence-electron chi connectivity index (χ4n) is 1.91. The molecule has 0 aromatic heterocycles. The Kier molecular flexibility index (Phi) is 5.24. The highest BCUT2D eigenvalue weighted by Gasteiger charge is 2.13. The van der Waals surface area contributed by atoms with Gasteiger partial charge < -0.3 is 9.47 Å². The molecule has 0 heterocycles. The molecule has 0 fully saturated rings. The van der Waals surface area contributed by atoms with E-state index in [0.717, 1.165) is 6.07 Å². The van der Waals surface area contributed by atoms with Crippen LogP contribution in [0.4, 0.5) is 10.1 Å². The van der Waals surface area contributed by atoms with E-state index in [4.69, 9.17) is 9.47 Å². The third-order valence-corrected chi connectivity index (χ3v) is 2.99. The van der Waals surface area contributed by atoms with Crippen LogP contribution in [0, 0.1) is 15.9 Å². The summed E-state index contributed by atoms with van der Waals surface area (Å²) in [7, 11) is 0. The molecule has 0 aliphatic carbocycles. The molecule has 2 aromatic carbocycles. The number of carbonyl (C=O) groups is 1. The van der Waals surface area contributed by atoms with Crippen molar-refractivity contribution in [3.8, 4) is 11.5 Å². The summed E-state index contributed by atoms with van der Waals surface area (Å²) in [5.74, 6) is -0.638. The van der Waals surface area contributed by atoms with Gasteiger partial charge in [0.1, 0.15) is 24.8 Å². The summed E-state index contributed by atoms with van der Waals surface area (Å²) in [6.07, 6.45) is 0. The largest absolute Gasteiger partial charge is 0.490 e. The minimum Gasteiger partial charge on any atom is -0.490 e. The molecule has 0 unspecified atom stereocenters. The second-order valence-corrected chi connectivity index (χ2v) is 4.62. The molecular weight excluding hydrogens is 305 g/mol. The summed E-state index contributed by atoms with van der Waals surface area (Å²) >= 11 is 0. The van der Waals surface area contributed by atoms with Gasteiger partial charge in [-0.1, -0.05) is 12.1 Å². The highest BCUT2D eigenvalue weighted by atomic mass is 19.1. The molecule has 0 aliphatic rings. The number of ether oxygens (including phenoxy) is 2. The lowest BCUT2D eigenvalue weighted by atomic mass is 10.1. The van der Waals surface area contributed by atoms with Crippen LogP contribution in [-0.2, 0) is 0 Å². The SMILES string of the molecule is CC(=O)c1ccc(OCCOc2ccccc2[N+](=O)[O-])cc1F. The first-order valence-corrected chi connectivity index (χ1v) is 6.78. The Balaban J connectivity index is 1.90. The van der Waals surface area contributed by atoms with Crippen molar-refractivity contribution in [2.24, 2.45) is 0 Å². The van der Waals surface area contributed by atoms with E-state index in [1.165, 1.54) is 31.2 Å². The normalized spacial score (nSPS) is 10.2. The molecule has 2 aromatic rings. The number of halogens is 1. The molecule has 6 nitrogen and oxygen atoms in total. The molecule has 23 heavy (non-hydrogen) atoms. The van der Waals surface area contributed by atoms with Gasteiger partial charge >= 0.3 is 5.69 Å². The van der Waals surface area contributed by atoms with E-state index in [0.29, 0.717) is 0 Å². The van der Waals surface area contributed by atoms with Gasteiger partial charge in [-0.2, -0.15) is 0 Å². The molecule has 0 bridgehead atoms. The standard InChI is InChI=1S/C16H14FNO5/c1-11(19)13-7-6-12(10-14(13)17)22-8-9-23-16-5-3-2-4-15(16)18(20)21/h2-7,10H,8-9H2,1H3. The first kappa shape index (κ1) is 16.4. The molecule has 0 radical (unpaired) electrons. The van der Waals surface area contributed by atoms with Gasteiger partial charge in [0.05, 0.1) is 10.5 Å². The maximum atomic E-state index is 13.6. The van der Waals surface area contributed by atoms with Crippen LogP contribution in [0.15, 0.2) is 42.5 Å². The number of ketones is 1. The molecule has 120 valence electrons. The zero-order valence-corrected chi connectivity index (χ0v) is 12.3. The van der Waals surface area contributed by atoms with Crippen LogP contribution in [-0.4, -0.2) is 23.9 Å². The predicted octanol–water partition coefficient (Wildman–Crippen LogP) is 3.39. The number of nitro benzene ring substituents is 1. The van der Waals surface area contributed by atoms with Crippen LogP contribution in [0.25, 0.3) is 0 Å². The Bertz CT molecular complexity index is 732. The summed E-state index contributed by atoms with van der Waals surface area (Å²) in [6, 6.07) is 9.92. The van der Waals surface area contributed by atoms with Crippen molar-refractivity contribution < 1.29 is 23.6 Å². The summed E-state index contributed by atoms with van der Waals surface area (Å²) < 4.78 is 24.2. The van der Waals surface area contributed by atoms with E-state index in [2.05, 4.69) is 0 Å². The monoisotopic (exact) mass is 319 g/mol. The fourth-order valence-corrected chi connectivity index (χ4v) is 1.91. The van der Waals surface area contributed by atoms with Crippen molar-refractivity contribution in [3.05, 3.63) is 64.0 Å². The first-order chi connectivity index (χ1) is 11.0. The zero-order valence-electron chi connectivity index (χ0n) is 12.3. The molecule has 0 amide bonds. The van der Waals surface area contributed by atoms with Crippen LogP contribution in [0.5, 0.6) is 11.5 Å². The molecular formula is C16H14FNO5. The first-order valence-electron chi connectivity index (χ1n) is 6.78. The second kappa shape index (κ2) is 7.35. The van der Waals surface area contributed by atoms with Gasteiger partial charge in [0.2, 0.25) is 0 Å². The number of hydrogen-bond acceptors (Lipinski definition) is 5. The minimum absolute atomic E-state index is 0.00601. The Hall–Kier alpha value is -2.96. The van der Waals surface area contributed by atoms with Gasteiger partial charge in [0, 0.05) is 12.1 Å². The number of Topliss-reactive ketones (excluding diaryl/α,β-unsaturated/α-hetero) is 1. The number of para-hydroxylation sites is 2. The van der Waals surface area contributed by atoms with Gasteiger partial charge in [0.15, 0.2) is 11.5 Å². The van der Waals surface area contributed by atoms with Gasteiger partial charge in [-0.3, -0.25) is 14.9 Å². The average molecular weight is 319 g/mol. The van der Waals surface area contributed by atoms with E-state index in [-0.39, 0.29) is 41.7 Å². The van der Waals surface area contributed by atoms with Crippen molar-refractivity contribution >= 4 is 11.5 Å². The Labute approximate surface area is 131 Å². The van der Waals surface area contributed by atoms with E-state index >= 15 is 0 Å². The lowest BCUT2D eigenvalue weighted by Crippen LogP contribution is -2.10. The molecule has 7 heteroatoms. The van der Waals surface area contributed by atoms with Crippen molar-refractivity contribution in [1.82, 2.24) is 0 Å². The number of hydrogen-bond donors (Lipinski definition) is 0. The number of rotatable bonds is 7. The third kappa shape index (κ3) is 4.26. The van der Waals surface area contributed by atoms with E-state index in [1.54, 1.807) is 12.1 Å². The van der Waals surface area contributed by atoms with Crippen LogP contribution in [0.3, 0.4) is 0 Å². The van der Waals surface area contributed by atoms with Crippen LogP contribution in [0.2, 0.25) is 0 Å². The van der Waals surface area contributed by atoms with E-state index in [1.807, 2.05) is 0 Å². The van der Waals surface area contributed by atoms with Crippen LogP contribution < -0.4 is 9.47 Å². The summed E-state index contributed by atoms with van der Waals surface area (Å²) in [6.45, 7) is 1.41. The van der Waals surface area contributed by atoms with Gasteiger partial charge in [-0.15, -0.1) is 0 Å².